The van der Waals surface area contributed by atoms with Gasteiger partial charge in [-0.3, -0.25) is 4.79 Å². The summed E-state index contributed by atoms with van der Waals surface area (Å²) < 4.78 is 27.4. The lowest BCUT2D eigenvalue weighted by molar-refractivity contribution is -0.130. The monoisotopic (exact) mass is 362 g/mol. The SMILES string of the molecule is CCCCN(CC)C(=O)CCNS(=O)(=O)c1ccc2ccccc2c1. The molecule has 2 aromatic carbocycles. The third-order valence-corrected chi connectivity index (χ3v) is 5.64. The third-order valence-electron chi connectivity index (χ3n) is 4.18. The van der Waals surface area contributed by atoms with Crippen LogP contribution >= 0.6 is 0 Å². The Balaban J connectivity index is 1.97. The topological polar surface area (TPSA) is 66.5 Å². The Morgan fingerprint density at radius 2 is 1.80 bits per heavy atom. The van der Waals surface area contributed by atoms with Gasteiger partial charge >= 0.3 is 0 Å². The number of benzene rings is 2. The highest BCUT2D eigenvalue weighted by Gasteiger charge is 2.16. The van der Waals surface area contributed by atoms with Gasteiger partial charge < -0.3 is 4.90 Å². The summed E-state index contributed by atoms with van der Waals surface area (Å²) >= 11 is 0. The van der Waals surface area contributed by atoms with E-state index in [0.717, 1.165) is 30.2 Å². The lowest BCUT2D eigenvalue weighted by Gasteiger charge is -2.20. The van der Waals surface area contributed by atoms with Crippen LogP contribution < -0.4 is 4.72 Å². The minimum Gasteiger partial charge on any atom is -0.343 e. The first-order chi connectivity index (χ1) is 12.0. The van der Waals surface area contributed by atoms with E-state index >= 15 is 0 Å². The number of hydrogen-bond acceptors (Lipinski definition) is 3. The summed E-state index contributed by atoms with van der Waals surface area (Å²) in [6.45, 7) is 5.50. The van der Waals surface area contributed by atoms with E-state index in [1.807, 2.05) is 31.2 Å². The van der Waals surface area contributed by atoms with Crippen LogP contribution in [0.2, 0.25) is 0 Å². The van der Waals surface area contributed by atoms with E-state index in [1.165, 1.54) is 0 Å². The van der Waals surface area contributed by atoms with Crippen molar-refractivity contribution in [3.05, 3.63) is 42.5 Å². The average Bonchev–Trinajstić information content (AvgIpc) is 2.61. The summed E-state index contributed by atoms with van der Waals surface area (Å²) in [6, 6.07) is 12.6. The molecule has 0 aromatic heterocycles. The van der Waals surface area contributed by atoms with Crippen molar-refractivity contribution in [1.29, 1.82) is 0 Å². The molecule has 5 nitrogen and oxygen atoms in total. The van der Waals surface area contributed by atoms with E-state index in [0.29, 0.717) is 6.54 Å². The van der Waals surface area contributed by atoms with Crippen LogP contribution in [0.15, 0.2) is 47.4 Å². The zero-order valence-corrected chi connectivity index (χ0v) is 15.7. The molecule has 0 aliphatic rings. The predicted molar refractivity (Wildman–Crippen MR) is 101 cm³/mol. The second-order valence-corrected chi connectivity index (χ2v) is 7.75. The molecule has 0 spiro atoms. The maximum atomic E-state index is 12.4. The van der Waals surface area contributed by atoms with Crippen molar-refractivity contribution in [2.75, 3.05) is 19.6 Å². The summed E-state index contributed by atoms with van der Waals surface area (Å²) in [5.41, 5.74) is 0. The number of rotatable bonds is 9. The number of unbranched alkanes of at least 4 members (excludes halogenated alkanes) is 1. The minimum atomic E-state index is -3.62. The molecule has 0 unspecified atom stereocenters. The van der Waals surface area contributed by atoms with Crippen molar-refractivity contribution in [2.45, 2.75) is 38.0 Å². The van der Waals surface area contributed by atoms with Crippen LogP contribution in [0.4, 0.5) is 0 Å². The van der Waals surface area contributed by atoms with Gasteiger partial charge in [-0.2, -0.15) is 0 Å². The van der Waals surface area contributed by atoms with Crippen molar-refractivity contribution in [3.63, 3.8) is 0 Å². The molecule has 0 radical (unpaired) electrons. The zero-order chi connectivity index (χ0) is 18.3. The van der Waals surface area contributed by atoms with Crippen molar-refractivity contribution in [2.24, 2.45) is 0 Å². The number of carbonyl (C=O) groups is 1. The number of hydrogen-bond donors (Lipinski definition) is 1. The van der Waals surface area contributed by atoms with Gasteiger partial charge in [0.05, 0.1) is 4.90 Å². The lowest BCUT2D eigenvalue weighted by atomic mass is 10.1. The highest BCUT2D eigenvalue weighted by Crippen LogP contribution is 2.18. The second-order valence-electron chi connectivity index (χ2n) is 5.98. The van der Waals surface area contributed by atoms with Gasteiger partial charge in [-0.25, -0.2) is 13.1 Å². The summed E-state index contributed by atoms with van der Waals surface area (Å²) in [5.74, 6) is -0.0165. The lowest BCUT2D eigenvalue weighted by Crippen LogP contribution is -2.35. The quantitative estimate of drug-likeness (QED) is 0.745. The normalized spacial score (nSPS) is 11.6. The fourth-order valence-corrected chi connectivity index (χ4v) is 3.74. The maximum absolute atomic E-state index is 12.4. The third kappa shape index (κ3) is 5.28. The van der Waals surface area contributed by atoms with Crippen molar-refractivity contribution < 1.29 is 13.2 Å². The van der Waals surface area contributed by atoms with Gasteiger partial charge in [0.1, 0.15) is 0 Å². The highest BCUT2D eigenvalue weighted by atomic mass is 32.2. The van der Waals surface area contributed by atoms with Crippen LogP contribution in [-0.4, -0.2) is 38.9 Å². The Morgan fingerprint density at radius 3 is 2.48 bits per heavy atom. The Labute approximate surface area is 150 Å². The average molecular weight is 362 g/mol. The predicted octanol–water partition coefficient (Wildman–Crippen LogP) is 3.16. The van der Waals surface area contributed by atoms with E-state index in [4.69, 9.17) is 0 Å². The molecule has 0 fully saturated rings. The van der Waals surface area contributed by atoms with Crippen LogP contribution in [0.5, 0.6) is 0 Å². The molecule has 6 heteroatoms. The van der Waals surface area contributed by atoms with Crippen LogP contribution in [0.3, 0.4) is 0 Å². The molecule has 0 aliphatic carbocycles. The highest BCUT2D eigenvalue weighted by molar-refractivity contribution is 7.89. The largest absolute Gasteiger partial charge is 0.343 e. The molecular weight excluding hydrogens is 336 g/mol. The molecule has 1 N–H and O–H groups in total. The van der Waals surface area contributed by atoms with E-state index < -0.39 is 10.0 Å². The van der Waals surface area contributed by atoms with Crippen LogP contribution in [0, 0.1) is 0 Å². The van der Waals surface area contributed by atoms with Crippen molar-refractivity contribution in [3.8, 4) is 0 Å². The molecule has 1 amide bonds. The van der Waals surface area contributed by atoms with Gasteiger partial charge in [-0.15, -0.1) is 0 Å². The molecule has 0 bridgehead atoms. The van der Waals surface area contributed by atoms with Crippen molar-refractivity contribution in [1.82, 2.24) is 9.62 Å². The first kappa shape index (κ1) is 19.4. The summed E-state index contributed by atoms with van der Waals surface area (Å²) in [7, 11) is -3.62. The van der Waals surface area contributed by atoms with Gasteiger partial charge in [-0.1, -0.05) is 43.7 Å². The van der Waals surface area contributed by atoms with Crippen LogP contribution in [-0.2, 0) is 14.8 Å². The van der Waals surface area contributed by atoms with Gasteiger partial charge in [0.2, 0.25) is 15.9 Å². The fraction of sp³-hybridized carbons (Fsp3) is 0.421. The van der Waals surface area contributed by atoms with Gasteiger partial charge in [0.15, 0.2) is 0 Å². The fourth-order valence-electron chi connectivity index (χ4n) is 2.68. The molecule has 0 saturated heterocycles. The second kappa shape index (κ2) is 8.97. The number of carbonyl (C=O) groups excluding carboxylic acids is 1. The molecule has 0 atom stereocenters. The number of nitrogens with zero attached hydrogens (tertiary/aromatic N) is 1. The van der Waals surface area contributed by atoms with E-state index in [9.17, 15) is 13.2 Å². The minimum absolute atomic E-state index is 0.0165. The summed E-state index contributed by atoms with van der Waals surface area (Å²) in [5, 5.41) is 1.87. The van der Waals surface area contributed by atoms with Gasteiger partial charge in [-0.05, 0) is 36.2 Å². The number of sulfonamides is 1. The Kier molecular flexibility index (Phi) is 6.96. The smallest absolute Gasteiger partial charge is 0.240 e. The van der Waals surface area contributed by atoms with Crippen molar-refractivity contribution >= 4 is 26.7 Å². The standard InChI is InChI=1S/C19H26N2O3S/c1-3-5-14-21(4-2)19(22)12-13-20-25(23,24)18-11-10-16-8-6-7-9-17(16)15-18/h6-11,15,20H,3-5,12-14H2,1-2H3. The first-order valence-electron chi connectivity index (χ1n) is 8.74. The molecular formula is C19H26N2O3S. The van der Waals surface area contributed by atoms with Gasteiger partial charge in [0.25, 0.3) is 0 Å². The van der Waals surface area contributed by atoms with Crippen LogP contribution in [0.1, 0.15) is 33.1 Å². The van der Waals surface area contributed by atoms with Crippen LogP contribution in [0.25, 0.3) is 10.8 Å². The Morgan fingerprint density at radius 1 is 1.08 bits per heavy atom. The van der Waals surface area contributed by atoms with E-state index in [-0.39, 0.29) is 23.8 Å². The van der Waals surface area contributed by atoms with E-state index in [2.05, 4.69) is 11.6 Å². The molecule has 2 rings (SSSR count). The van der Waals surface area contributed by atoms with E-state index in [1.54, 1.807) is 23.1 Å². The molecule has 0 saturated carbocycles. The Bertz CT molecular complexity index is 818. The molecule has 0 heterocycles. The number of nitrogens with one attached hydrogen (secondary N) is 1. The molecule has 25 heavy (non-hydrogen) atoms. The summed E-state index contributed by atoms with van der Waals surface area (Å²) in [6.07, 6.45) is 2.16. The maximum Gasteiger partial charge on any atom is 0.240 e. The molecule has 136 valence electrons. The molecule has 0 aliphatic heterocycles. The number of amides is 1. The zero-order valence-electron chi connectivity index (χ0n) is 14.9. The molecule has 2 aromatic rings. The Hall–Kier alpha value is -1.92. The summed E-state index contributed by atoms with van der Waals surface area (Å²) in [4.78, 5) is 14.2. The van der Waals surface area contributed by atoms with Gasteiger partial charge in [0, 0.05) is 26.1 Å². The first-order valence-corrected chi connectivity index (χ1v) is 10.2. The number of fused-ring (bicyclic) bond motifs is 1.